The fourth-order valence-electron chi connectivity index (χ4n) is 1.34. The maximum atomic E-state index is 10.7. The zero-order chi connectivity index (χ0) is 9.84. The lowest BCUT2D eigenvalue weighted by molar-refractivity contribution is -0.386. The Morgan fingerprint density at radius 2 is 2.23 bits per heavy atom. The summed E-state index contributed by atoms with van der Waals surface area (Å²) in [5.41, 5.74) is 6.96. The van der Waals surface area contributed by atoms with Gasteiger partial charge in [-0.3, -0.25) is 10.1 Å². The van der Waals surface area contributed by atoms with Gasteiger partial charge in [0.2, 0.25) is 0 Å². The van der Waals surface area contributed by atoms with Crippen molar-refractivity contribution in [1.29, 1.82) is 0 Å². The smallest absolute Gasteiger partial charge is 0.275 e. The first-order chi connectivity index (χ1) is 6.16. The molecule has 0 amide bonds. The van der Waals surface area contributed by atoms with E-state index in [1.54, 1.807) is 19.1 Å². The molecule has 4 nitrogen and oxygen atoms in total. The van der Waals surface area contributed by atoms with Crippen molar-refractivity contribution in [2.24, 2.45) is 5.73 Å². The number of rotatable bonds is 3. The Bertz CT molecular complexity index is 323. The monoisotopic (exact) mass is 180 g/mol. The summed E-state index contributed by atoms with van der Waals surface area (Å²) in [4.78, 5) is 10.3. The SMILES string of the molecule is Cc1cccc(CCN)c1[N+](=O)[O-]. The van der Waals surface area contributed by atoms with Crippen molar-refractivity contribution in [2.75, 3.05) is 6.54 Å². The van der Waals surface area contributed by atoms with Gasteiger partial charge >= 0.3 is 0 Å². The molecule has 0 aliphatic carbocycles. The second kappa shape index (κ2) is 4.00. The number of aryl methyl sites for hydroxylation is 1. The molecular weight excluding hydrogens is 168 g/mol. The summed E-state index contributed by atoms with van der Waals surface area (Å²) in [5, 5.41) is 10.7. The normalized spacial score (nSPS) is 10.0. The molecule has 0 saturated carbocycles. The van der Waals surface area contributed by atoms with Gasteiger partial charge in [-0.15, -0.1) is 0 Å². The van der Waals surface area contributed by atoms with Crippen LogP contribution in [-0.4, -0.2) is 11.5 Å². The Morgan fingerprint density at radius 1 is 1.54 bits per heavy atom. The first-order valence-corrected chi connectivity index (χ1v) is 4.09. The Morgan fingerprint density at radius 3 is 2.77 bits per heavy atom. The highest BCUT2D eigenvalue weighted by Gasteiger charge is 2.15. The molecule has 0 heterocycles. The van der Waals surface area contributed by atoms with Crippen molar-refractivity contribution in [3.05, 3.63) is 39.4 Å². The van der Waals surface area contributed by atoms with Crippen LogP contribution in [0.3, 0.4) is 0 Å². The third kappa shape index (κ3) is 2.03. The summed E-state index contributed by atoms with van der Waals surface area (Å²) in [6, 6.07) is 5.30. The zero-order valence-corrected chi connectivity index (χ0v) is 7.49. The van der Waals surface area contributed by atoms with Gasteiger partial charge in [-0.25, -0.2) is 0 Å². The highest BCUT2D eigenvalue weighted by molar-refractivity contribution is 5.47. The van der Waals surface area contributed by atoms with Gasteiger partial charge in [-0.1, -0.05) is 18.2 Å². The Balaban J connectivity index is 3.17. The number of benzene rings is 1. The zero-order valence-electron chi connectivity index (χ0n) is 7.49. The van der Waals surface area contributed by atoms with Gasteiger partial charge in [0.25, 0.3) is 5.69 Å². The quantitative estimate of drug-likeness (QED) is 0.564. The number of nitro groups is 1. The number of nitro benzene ring substituents is 1. The topological polar surface area (TPSA) is 69.2 Å². The molecule has 0 atom stereocenters. The summed E-state index contributed by atoms with van der Waals surface area (Å²) in [5.74, 6) is 0. The number of hydrogen-bond acceptors (Lipinski definition) is 3. The van der Waals surface area contributed by atoms with E-state index in [2.05, 4.69) is 0 Å². The molecule has 0 aromatic heterocycles. The van der Waals surface area contributed by atoms with Gasteiger partial charge in [-0.2, -0.15) is 0 Å². The first-order valence-electron chi connectivity index (χ1n) is 4.09. The van der Waals surface area contributed by atoms with E-state index in [0.717, 1.165) is 0 Å². The average molecular weight is 180 g/mol. The number of nitrogens with two attached hydrogens (primary N) is 1. The number of para-hydroxylation sites is 1. The summed E-state index contributed by atoms with van der Waals surface area (Å²) in [7, 11) is 0. The maximum absolute atomic E-state index is 10.7. The van der Waals surface area contributed by atoms with Gasteiger partial charge < -0.3 is 5.73 Å². The van der Waals surface area contributed by atoms with Crippen molar-refractivity contribution in [2.45, 2.75) is 13.3 Å². The van der Waals surface area contributed by atoms with E-state index in [-0.39, 0.29) is 10.6 Å². The molecule has 13 heavy (non-hydrogen) atoms. The van der Waals surface area contributed by atoms with Gasteiger partial charge in [-0.05, 0) is 19.9 Å². The molecule has 2 N–H and O–H groups in total. The summed E-state index contributed by atoms with van der Waals surface area (Å²) >= 11 is 0. The number of nitrogens with zero attached hydrogens (tertiary/aromatic N) is 1. The van der Waals surface area contributed by atoms with Crippen LogP contribution in [-0.2, 0) is 6.42 Å². The third-order valence-corrected chi connectivity index (χ3v) is 1.92. The van der Waals surface area contributed by atoms with Crippen LogP contribution in [0.4, 0.5) is 5.69 Å². The van der Waals surface area contributed by atoms with Gasteiger partial charge in [0.1, 0.15) is 0 Å². The van der Waals surface area contributed by atoms with E-state index < -0.39 is 0 Å². The summed E-state index contributed by atoms with van der Waals surface area (Å²) in [6.45, 7) is 2.17. The summed E-state index contributed by atoms with van der Waals surface area (Å²) in [6.07, 6.45) is 0.554. The molecule has 0 fully saturated rings. The highest BCUT2D eigenvalue weighted by Crippen LogP contribution is 2.22. The van der Waals surface area contributed by atoms with Crippen LogP contribution in [0.1, 0.15) is 11.1 Å². The minimum atomic E-state index is -0.347. The van der Waals surface area contributed by atoms with Crippen molar-refractivity contribution in [3.8, 4) is 0 Å². The minimum Gasteiger partial charge on any atom is -0.330 e. The van der Waals surface area contributed by atoms with E-state index >= 15 is 0 Å². The van der Waals surface area contributed by atoms with E-state index in [4.69, 9.17) is 5.73 Å². The molecule has 0 unspecified atom stereocenters. The van der Waals surface area contributed by atoms with Gasteiger partial charge in [0.05, 0.1) is 4.92 Å². The van der Waals surface area contributed by atoms with E-state index in [1.165, 1.54) is 0 Å². The van der Waals surface area contributed by atoms with E-state index in [1.807, 2.05) is 6.07 Å². The molecule has 0 aliphatic heterocycles. The number of hydrogen-bond donors (Lipinski definition) is 1. The second-order valence-electron chi connectivity index (χ2n) is 2.88. The molecule has 1 aromatic carbocycles. The molecular formula is C9H12N2O2. The van der Waals surface area contributed by atoms with E-state index in [9.17, 15) is 10.1 Å². The van der Waals surface area contributed by atoms with Crippen LogP contribution in [0.5, 0.6) is 0 Å². The maximum Gasteiger partial charge on any atom is 0.275 e. The van der Waals surface area contributed by atoms with Crippen LogP contribution in [0.15, 0.2) is 18.2 Å². The van der Waals surface area contributed by atoms with Gasteiger partial charge in [0, 0.05) is 11.1 Å². The second-order valence-corrected chi connectivity index (χ2v) is 2.88. The summed E-state index contributed by atoms with van der Waals surface area (Å²) < 4.78 is 0. The van der Waals surface area contributed by atoms with E-state index in [0.29, 0.717) is 24.1 Å². The lowest BCUT2D eigenvalue weighted by Gasteiger charge is -2.02. The lowest BCUT2D eigenvalue weighted by atomic mass is 10.1. The first kappa shape index (κ1) is 9.67. The van der Waals surface area contributed by atoms with Crippen molar-refractivity contribution < 1.29 is 4.92 Å². The molecule has 0 bridgehead atoms. The molecule has 70 valence electrons. The molecule has 1 aromatic rings. The largest absolute Gasteiger partial charge is 0.330 e. The predicted molar refractivity (Wildman–Crippen MR) is 50.6 cm³/mol. The lowest BCUT2D eigenvalue weighted by Crippen LogP contribution is -2.06. The predicted octanol–water partition coefficient (Wildman–Crippen LogP) is 1.40. The minimum absolute atomic E-state index is 0.202. The third-order valence-electron chi connectivity index (χ3n) is 1.92. The average Bonchev–Trinajstić information content (AvgIpc) is 2.04. The van der Waals surface area contributed by atoms with Crippen LogP contribution in [0.2, 0.25) is 0 Å². The molecule has 0 aliphatic rings. The fourth-order valence-corrected chi connectivity index (χ4v) is 1.34. The molecule has 4 heteroatoms. The Kier molecular flexibility index (Phi) is 2.97. The molecule has 0 radical (unpaired) electrons. The fraction of sp³-hybridized carbons (Fsp3) is 0.333. The van der Waals surface area contributed by atoms with Crippen molar-refractivity contribution in [1.82, 2.24) is 0 Å². The van der Waals surface area contributed by atoms with Crippen LogP contribution < -0.4 is 5.73 Å². The van der Waals surface area contributed by atoms with Crippen LogP contribution in [0.25, 0.3) is 0 Å². The van der Waals surface area contributed by atoms with Crippen LogP contribution >= 0.6 is 0 Å². The molecule has 0 spiro atoms. The Labute approximate surface area is 76.5 Å². The molecule has 0 saturated heterocycles. The van der Waals surface area contributed by atoms with Crippen molar-refractivity contribution >= 4 is 5.69 Å². The Hall–Kier alpha value is -1.42. The standard InChI is InChI=1S/C9H12N2O2/c1-7-3-2-4-8(5-6-10)9(7)11(12)13/h2-4H,5-6,10H2,1H3. The van der Waals surface area contributed by atoms with Gasteiger partial charge in [0.15, 0.2) is 0 Å². The van der Waals surface area contributed by atoms with Crippen molar-refractivity contribution in [3.63, 3.8) is 0 Å². The van der Waals surface area contributed by atoms with Crippen LogP contribution in [0, 0.1) is 17.0 Å². The highest BCUT2D eigenvalue weighted by atomic mass is 16.6. The molecule has 1 rings (SSSR count).